The number of nitrogens with zero attached hydrogens (tertiary/aromatic N) is 2. The third-order valence-corrected chi connectivity index (χ3v) is 13.0. The number of rotatable bonds is 10. The second kappa shape index (κ2) is 16.3. The molecule has 1 aliphatic carbocycles. The number of halogens is 2. The van der Waals surface area contributed by atoms with Gasteiger partial charge in [-0.05, 0) is 37.1 Å². The number of carbonyl (C=O) groups excluding carboxylic acids is 4. The summed E-state index contributed by atoms with van der Waals surface area (Å²) in [5.74, 6) is -0.827. The quantitative estimate of drug-likeness (QED) is 0.182. The molecule has 0 radical (unpaired) electrons. The average Bonchev–Trinajstić information content (AvgIpc) is 3.25. The van der Waals surface area contributed by atoms with Crippen LogP contribution in [0.2, 0.25) is 0 Å². The monoisotopic (exact) mass is 846 g/mol. The molecule has 284 valence electrons. The van der Waals surface area contributed by atoms with Crippen LogP contribution in [0, 0.1) is 11.8 Å². The van der Waals surface area contributed by atoms with Crippen LogP contribution < -0.4 is 43.4 Å². The van der Waals surface area contributed by atoms with E-state index < -0.39 is 11.8 Å². The van der Waals surface area contributed by atoms with Crippen molar-refractivity contribution in [2.75, 3.05) is 14.1 Å². The molecule has 0 N–H and O–H groups in total. The summed E-state index contributed by atoms with van der Waals surface area (Å²) in [6.45, 7) is 4.50. The fraction of sp³-hybridized carbons (Fsp3) is 0.600. The normalized spacial score (nSPS) is 34.1. The molecule has 0 spiro atoms. The molecule has 4 saturated heterocycles. The van der Waals surface area contributed by atoms with Crippen LogP contribution in [0.25, 0.3) is 0 Å². The van der Waals surface area contributed by atoms with Gasteiger partial charge in [0, 0.05) is 76.3 Å². The number of fused-ring (bicyclic) bond motifs is 4. The molecule has 7 rings (SSSR count). The lowest BCUT2D eigenvalue weighted by Gasteiger charge is -2.47. The molecule has 2 aromatic carbocycles. The maximum Gasteiger partial charge on any atom is 0.310 e. The first-order valence-electron chi connectivity index (χ1n) is 18.5. The highest BCUT2D eigenvalue weighted by atomic mass is 79.9. The number of ether oxygens (including phenoxy) is 4. The molecule has 6 atom stereocenters. The Morgan fingerprint density at radius 3 is 1.23 bits per heavy atom. The number of benzene rings is 2. The summed E-state index contributed by atoms with van der Waals surface area (Å²) in [7, 11) is 4.61. The van der Waals surface area contributed by atoms with Gasteiger partial charge in [-0.2, -0.15) is 0 Å². The molecule has 4 aliphatic heterocycles. The van der Waals surface area contributed by atoms with Crippen LogP contribution in [0.5, 0.6) is 11.5 Å². The Morgan fingerprint density at radius 1 is 0.577 bits per heavy atom. The number of piperidine rings is 2. The van der Waals surface area contributed by atoms with Crippen LogP contribution >= 0.6 is 0 Å². The van der Waals surface area contributed by atoms with E-state index >= 15 is 0 Å². The number of carbonyl (C=O) groups is 4. The fourth-order valence-electron chi connectivity index (χ4n) is 10.2. The van der Waals surface area contributed by atoms with E-state index in [2.05, 4.69) is 26.2 Å². The molecule has 12 heteroatoms. The Hall–Kier alpha value is -2.80. The third-order valence-electron chi connectivity index (χ3n) is 13.0. The van der Waals surface area contributed by atoms with E-state index in [1.54, 1.807) is 12.1 Å². The molecule has 4 heterocycles. The van der Waals surface area contributed by atoms with Crippen molar-refractivity contribution < 1.29 is 81.1 Å². The van der Waals surface area contributed by atoms with Crippen molar-refractivity contribution in [3.8, 4) is 11.5 Å². The standard InChI is InChI=1S/C40H52N2O8.2BrH/c1-25(43)47-33-9-5-7-27(17-33)23-41(3)29-11-12-30(41)20-35(19-29)49-39(45)37-15-16-38(37)40(46)50-36-21-31-13-14-32(22-36)42(31,4)24-28-8-6-10-34(18-28)48-26(2)44;;/h5-10,17-18,29-32,35-38H,11-16,19-24H2,1-4H3;2*1H/q+2;;/p-2/t29?,30?,31?,32?,35-,36?,37?,38?,41-,42?;;. The molecule has 10 nitrogen and oxygen atoms in total. The molecule has 5 fully saturated rings. The average molecular weight is 849 g/mol. The van der Waals surface area contributed by atoms with Crippen LogP contribution in [-0.4, -0.2) is 83.3 Å². The zero-order chi connectivity index (χ0) is 35.2. The fourth-order valence-corrected chi connectivity index (χ4v) is 10.2. The zero-order valence-electron chi connectivity index (χ0n) is 30.6. The first-order chi connectivity index (χ1) is 23.9. The van der Waals surface area contributed by atoms with Gasteiger partial charge in [-0.1, -0.05) is 24.3 Å². The maximum atomic E-state index is 13.5. The van der Waals surface area contributed by atoms with Crippen molar-refractivity contribution >= 4 is 23.9 Å². The predicted octanol–water partition coefficient (Wildman–Crippen LogP) is -0.362. The molecule has 0 amide bonds. The molecular weight excluding hydrogens is 796 g/mol. The van der Waals surface area contributed by atoms with Gasteiger partial charge in [-0.15, -0.1) is 0 Å². The second-order valence-corrected chi connectivity index (χ2v) is 16.1. The van der Waals surface area contributed by atoms with Gasteiger partial charge in [0.15, 0.2) is 0 Å². The third kappa shape index (κ3) is 8.30. The van der Waals surface area contributed by atoms with Crippen molar-refractivity contribution in [2.45, 2.75) is 128 Å². The summed E-state index contributed by atoms with van der Waals surface area (Å²) in [5, 5.41) is 0. The van der Waals surface area contributed by atoms with E-state index in [9.17, 15) is 19.2 Å². The van der Waals surface area contributed by atoms with Crippen LogP contribution in [0.4, 0.5) is 0 Å². The number of quaternary nitrogens is 2. The zero-order valence-corrected chi connectivity index (χ0v) is 33.8. The summed E-state index contributed by atoms with van der Waals surface area (Å²) < 4.78 is 24.8. The minimum Gasteiger partial charge on any atom is -1.00 e. The van der Waals surface area contributed by atoms with E-state index in [4.69, 9.17) is 18.9 Å². The Bertz CT molecular complexity index is 1510. The van der Waals surface area contributed by atoms with Gasteiger partial charge >= 0.3 is 23.9 Å². The topological polar surface area (TPSA) is 105 Å². The van der Waals surface area contributed by atoms with Gasteiger partial charge < -0.3 is 61.9 Å². The SMILES string of the molecule is CC(=O)Oc1cccc(C[N+]2(C)C3CCC2CC(OC(=O)C2CCC2C(=O)O[C@H]2CC4CCC(C2)[N@@+]4(C)Cc2cccc(OC(C)=O)c2)C3)c1.[Br-].[Br-]. The number of hydrogen-bond donors (Lipinski definition) is 0. The van der Waals surface area contributed by atoms with Gasteiger partial charge in [-0.3, -0.25) is 19.2 Å². The minimum atomic E-state index is -0.419. The van der Waals surface area contributed by atoms with Crippen molar-refractivity contribution in [2.24, 2.45) is 11.8 Å². The van der Waals surface area contributed by atoms with Crippen LogP contribution in [-0.2, 0) is 41.7 Å². The van der Waals surface area contributed by atoms with Crippen molar-refractivity contribution in [3.05, 3.63) is 59.7 Å². The highest BCUT2D eigenvalue weighted by Crippen LogP contribution is 2.46. The molecule has 5 aliphatic rings. The van der Waals surface area contributed by atoms with E-state index in [1.165, 1.54) is 13.8 Å². The highest BCUT2D eigenvalue weighted by molar-refractivity contribution is 5.84. The maximum absolute atomic E-state index is 13.5. The van der Waals surface area contributed by atoms with Gasteiger partial charge in [0.2, 0.25) is 0 Å². The smallest absolute Gasteiger partial charge is 0.310 e. The highest BCUT2D eigenvalue weighted by Gasteiger charge is 2.55. The van der Waals surface area contributed by atoms with E-state index in [1.807, 2.05) is 24.3 Å². The Morgan fingerprint density at radius 2 is 0.923 bits per heavy atom. The molecule has 2 aromatic rings. The first-order valence-corrected chi connectivity index (χ1v) is 18.5. The summed E-state index contributed by atoms with van der Waals surface area (Å²) in [5.41, 5.74) is 2.27. The lowest BCUT2D eigenvalue weighted by molar-refractivity contribution is -0.961. The van der Waals surface area contributed by atoms with Gasteiger partial charge in [0.1, 0.15) is 36.8 Å². The van der Waals surface area contributed by atoms with E-state index in [0.29, 0.717) is 48.5 Å². The summed E-state index contributed by atoms with van der Waals surface area (Å²) >= 11 is 0. The van der Waals surface area contributed by atoms with Crippen LogP contribution in [0.15, 0.2) is 48.5 Å². The first kappa shape index (κ1) is 40.4. The molecular formula is C40H52Br2N2O8. The van der Waals surface area contributed by atoms with Gasteiger partial charge in [0.05, 0.1) is 50.1 Å². The summed E-state index contributed by atoms with van der Waals surface area (Å²) in [6, 6.07) is 17.1. The lowest BCUT2D eigenvalue weighted by Crippen LogP contribution is -3.00. The summed E-state index contributed by atoms with van der Waals surface area (Å²) in [4.78, 5) is 49.8. The molecule has 6 unspecified atom stereocenters. The molecule has 52 heavy (non-hydrogen) atoms. The van der Waals surface area contributed by atoms with Crippen molar-refractivity contribution in [1.82, 2.24) is 0 Å². The van der Waals surface area contributed by atoms with Crippen molar-refractivity contribution in [3.63, 3.8) is 0 Å². The van der Waals surface area contributed by atoms with Gasteiger partial charge in [0.25, 0.3) is 0 Å². The van der Waals surface area contributed by atoms with E-state index in [-0.39, 0.29) is 70.0 Å². The van der Waals surface area contributed by atoms with Crippen LogP contribution in [0.1, 0.15) is 89.2 Å². The molecule has 4 bridgehead atoms. The molecule has 0 aromatic heterocycles. The number of esters is 4. The van der Waals surface area contributed by atoms with E-state index in [0.717, 1.165) is 84.5 Å². The Kier molecular flexibility index (Phi) is 12.6. The van der Waals surface area contributed by atoms with Gasteiger partial charge in [-0.25, -0.2) is 0 Å². The second-order valence-electron chi connectivity index (χ2n) is 16.1. The Labute approximate surface area is 328 Å². The Balaban J connectivity index is 0.00000261. The minimum absolute atomic E-state index is 0. The largest absolute Gasteiger partial charge is 1.00 e. The van der Waals surface area contributed by atoms with Crippen LogP contribution in [0.3, 0.4) is 0 Å². The predicted molar refractivity (Wildman–Crippen MR) is 183 cm³/mol. The number of hydrogen-bond acceptors (Lipinski definition) is 8. The molecule has 1 saturated carbocycles. The summed E-state index contributed by atoms with van der Waals surface area (Å²) in [6.07, 6.45) is 8.74. The van der Waals surface area contributed by atoms with Crippen molar-refractivity contribution in [1.29, 1.82) is 0 Å². The lowest BCUT2D eigenvalue weighted by atomic mass is 9.73.